The van der Waals surface area contributed by atoms with Crippen molar-refractivity contribution in [2.45, 2.75) is 26.3 Å². The zero-order valence-corrected chi connectivity index (χ0v) is 13.1. The van der Waals surface area contributed by atoms with Gasteiger partial charge in [0, 0.05) is 32.2 Å². The number of aromatic hydroxyl groups is 1. The Morgan fingerprint density at radius 1 is 1.43 bits per heavy atom. The summed E-state index contributed by atoms with van der Waals surface area (Å²) in [7, 11) is 0. The Morgan fingerprint density at radius 3 is 2.76 bits per heavy atom. The highest BCUT2D eigenvalue weighted by atomic mass is 16.5. The molecule has 2 N–H and O–H groups in total. The molecule has 1 fully saturated rings. The third-order valence-electron chi connectivity index (χ3n) is 3.80. The molecule has 0 bridgehead atoms. The van der Waals surface area contributed by atoms with Gasteiger partial charge < -0.3 is 15.2 Å². The fraction of sp³-hybridized carbons (Fsp3) is 0.529. The van der Waals surface area contributed by atoms with Crippen LogP contribution in [0.2, 0.25) is 0 Å². The molecule has 1 aliphatic rings. The molecule has 0 saturated carbocycles. The monoisotopic (exact) mass is 290 g/mol. The lowest BCUT2D eigenvalue weighted by atomic mass is 9.97. The summed E-state index contributed by atoms with van der Waals surface area (Å²) in [5.74, 6) is 0.770. The van der Waals surface area contributed by atoms with E-state index in [-0.39, 0.29) is 5.75 Å². The van der Waals surface area contributed by atoms with Crippen LogP contribution in [0.5, 0.6) is 11.5 Å². The molecular weight excluding hydrogens is 264 g/mol. The van der Waals surface area contributed by atoms with Gasteiger partial charge in [-0.3, -0.25) is 4.90 Å². The van der Waals surface area contributed by atoms with E-state index in [4.69, 9.17) is 4.74 Å². The average Bonchev–Trinajstić information content (AvgIpc) is 2.48. The maximum atomic E-state index is 9.87. The minimum absolute atomic E-state index is 0.204. The summed E-state index contributed by atoms with van der Waals surface area (Å²) in [5.41, 5.74) is 2.35. The number of benzene rings is 1. The molecule has 1 aromatic carbocycles. The van der Waals surface area contributed by atoms with Gasteiger partial charge in [0.15, 0.2) is 11.5 Å². The van der Waals surface area contributed by atoms with Crippen molar-refractivity contribution >= 4 is 0 Å². The number of nitrogens with zero attached hydrogens (tertiary/aromatic N) is 1. The minimum Gasteiger partial charge on any atom is -0.504 e. The van der Waals surface area contributed by atoms with Gasteiger partial charge in [-0.2, -0.15) is 0 Å². The van der Waals surface area contributed by atoms with Crippen molar-refractivity contribution < 1.29 is 9.84 Å². The minimum atomic E-state index is 0.204. The molecule has 116 valence electrons. The first-order valence-corrected chi connectivity index (χ1v) is 7.66. The van der Waals surface area contributed by atoms with Crippen LogP contribution in [0.15, 0.2) is 30.4 Å². The summed E-state index contributed by atoms with van der Waals surface area (Å²) in [4.78, 5) is 2.48. The van der Waals surface area contributed by atoms with E-state index in [2.05, 4.69) is 23.7 Å². The molecule has 1 saturated heterocycles. The number of rotatable bonds is 6. The van der Waals surface area contributed by atoms with E-state index in [0.29, 0.717) is 18.4 Å². The van der Waals surface area contributed by atoms with Crippen LogP contribution < -0.4 is 10.1 Å². The maximum Gasteiger partial charge on any atom is 0.161 e. The molecule has 1 heterocycles. The van der Waals surface area contributed by atoms with E-state index in [1.54, 1.807) is 6.07 Å². The number of hydrogen-bond acceptors (Lipinski definition) is 4. The first-order valence-electron chi connectivity index (χ1n) is 7.66. The van der Waals surface area contributed by atoms with Gasteiger partial charge in [0.05, 0.1) is 6.61 Å². The zero-order chi connectivity index (χ0) is 15.2. The Hall–Kier alpha value is -1.52. The second kappa shape index (κ2) is 7.48. The van der Waals surface area contributed by atoms with Crippen LogP contribution in [0.3, 0.4) is 0 Å². The molecule has 0 unspecified atom stereocenters. The number of ether oxygens (including phenoxy) is 1. The lowest BCUT2D eigenvalue weighted by Gasteiger charge is -2.35. The Labute approximate surface area is 127 Å². The lowest BCUT2D eigenvalue weighted by Crippen LogP contribution is -2.45. The Morgan fingerprint density at radius 2 is 2.14 bits per heavy atom. The summed E-state index contributed by atoms with van der Waals surface area (Å²) in [6.45, 7) is 12.7. The van der Waals surface area contributed by atoms with Crippen molar-refractivity contribution in [3.05, 3.63) is 35.9 Å². The van der Waals surface area contributed by atoms with Crippen LogP contribution in [-0.4, -0.2) is 42.8 Å². The van der Waals surface area contributed by atoms with E-state index in [1.165, 1.54) is 11.1 Å². The van der Waals surface area contributed by atoms with Crippen LogP contribution in [-0.2, 0) is 0 Å². The molecule has 21 heavy (non-hydrogen) atoms. The smallest absolute Gasteiger partial charge is 0.161 e. The standard InChI is InChI=1S/C17H26N2O2/c1-4-21-17-12-14(5-6-16(17)20)15(11-13(2)3)19-9-7-18-8-10-19/h5-6,12,15,18,20H,2,4,7-11H2,1,3H3/t15-/m1/s1. The Balaban J connectivity index is 2.26. The molecule has 0 amide bonds. The van der Waals surface area contributed by atoms with E-state index in [1.807, 2.05) is 19.1 Å². The fourth-order valence-electron chi connectivity index (χ4n) is 2.79. The first kappa shape index (κ1) is 15.9. The maximum absolute atomic E-state index is 9.87. The molecule has 1 aromatic rings. The van der Waals surface area contributed by atoms with Crippen LogP contribution in [0, 0.1) is 0 Å². The van der Waals surface area contributed by atoms with Crippen molar-refractivity contribution in [1.29, 1.82) is 0 Å². The molecule has 0 radical (unpaired) electrons. The number of hydrogen-bond donors (Lipinski definition) is 2. The molecule has 0 aromatic heterocycles. The lowest BCUT2D eigenvalue weighted by molar-refractivity contribution is 0.172. The topological polar surface area (TPSA) is 44.7 Å². The van der Waals surface area contributed by atoms with Crippen molar-refractivity contribution in [2.24, 2.45) is 0 Å². The van der Waals surface area contributed by atoms with Gasteiger partial charge in [0.2, 0.25) is 0 Å². The number of nitrogens with one attached hydrogen (secondary N) is 1. The summed E-state index contributed by atoms with van der Waals surface area (Å²) in [6.07, 6.45) is 0.927. The third kappa shape index (κ3) is 4.22. The van der Waals surface area contributed by atoms with Gasteiger partial charge in [-0.1, -0.05) is 11.6 Å². The van der Waals surface area contributed by atoms with Gasteiger partial charge >= 0.3 is 0 Å². The van der Waals surface area contributed by atoms with E-state index >= 15 is 0 Å². The molecular formula is C17H26N2O2. The van der Waals surface area contributed by atoms with E-state index in [0.717, 1.165) is 32.6 Å². The molecule has 2 rings (SSSR count). The Kier molecular flexibility index (Phi) is 5.65. The number of phenolic OH excluding ortho intramolecular Hbond substituents is 1. The zero-order valence-electron chi connectivity index (χ0n) is 13.1. The molecule has 4 nitrogen and oxygen atoms in total. The molecule has 0 spiro atoms. The Bertz CT molecular complexity index is 482. The van der Waals surface area contributed by atoms with Crippen molar-refractivity contribution in [1.82, 2.24) is 10.2 Å². The summed E-state index contributed by atoms with van der Waals surface area (Å²) in [5, 5.41) is 13.3. The highest BCUT2D eigenvalue weighted by molar-refractivity contribution is 5.43. The van der Waals surface area contributed by atoms with Crippen molar-refractivity contribution in [3.8, 4) is 11.5 Å². The molecule has 1 aliphatic heterocycles. The van der Waals surface area contributed by atoms with Gasteiger partial charge in [0.1, 0.15) is 0 Å². The molecule has 1 atom stereocenters. The highest BCUT2D eigenvalue weighted by Crippen LogP contribution is 2.34. The van der Waals surface area contributed by atoms with Gasteiger partial charge in [-0.25, -0.2) is 0 Å². The first-order chi connectivity index (χ1) is 10.1. The summed E-state index contributed by atoms with van der Waals surface area (Å²) >= 11 is 0. The summed E-state index contributed by atoms with van der Waals surface area (Å²) in [6, 6.07) is 5.99. The average molecular weight is 290 g/mol. The number of piperazine rings is 1. The molecule has 0 aliphatic carbocycles. The van der Waals surface area contributed by atoms with Gasteiger partial charge in [-0.15, -0.1) is 6.58 Å². The van der Waals surface area contributed by atoms with Crippen molar-refractivity contribution in [2.75, 3.05) is 32.8 Å². The van der Waals surface area contributed by atoms with E-state index in [9.17, 15) is 5.11 Å². The highest BCUT2D eigenvalue weighted by Gasteiger charge is 2.23. The second-order valence-corrected chi connectivity index (χ2v) is 5.62. The quantitative estimate of drug-likeness (QED) is 0.791. The van der Waals surface area contributed by atoms with Crippen LogP contribution in [0.25, 0.3) is 0 Å². The predicted octanol–water partition coefficient (Wildman–Crippen LogP) is 2.70. The third-order valence-corrected chi connectivity index (χ3v) is 3.80. The van der Waals surface area contributed by atoms with Crippen LogP contribution in [0.4, 0.5) is 0 Å². The largest absolute Gasteiger partial charge is 0.504 e. The van der Waals surface area contributed by atoms with Gasteiger partial charge in [-0.05, 0) is 38.0 Å². The van der Waals surface area contributed by atoms with Gasteiger partial charge in [0.25, 0.3) is 0 Å². The summed E-state index contributed by atoms with van der Waals surface area (Å²) < 4.78 is 5.52. The second-order valence-electron chi connectivity index (χ2n) is 5.62. The van der Waals surface area contributed by atoms with Crippen LogP contribution >= 0.6 is 0 Å². The van der Waals surface area contributed by atoms with E-state index < -0.39 is 0 Å². The van der Waals surface area contributed by atoms with Crippen LogP contribution in [0.1, 0.15) is 31.9 Å². The molecule has 4 heteroatoms. The fourth-order valence-corrected chi connectivity index (χ4v) is 2.79. The van der Waals surface area contributed by atoms with Crippen molar-refractivity contribution in [3.63, 3.8) is 0 Å². The SMILES string of the molecule is C=C(C)C[C@H](c1ccc(O)c(OCC)c1)N1CCNCC1. The predicted molar refractivity (Wildman–Crippen MR) is 85.9 cm³/mol. The number of phenols is 1. The normalized spacial score (nSPS) is 17.4.